The first-order valence-electron chi connectivity index (χ1n) is 8.59. The minimum Gasteiger partial charge on any atom is -0.464 e. The third kappa shape index (κ3) is 3.17. The molecule has 1 aromatic heterocycles. The van der Waals surface area contributed by atoms with Gasteiger partial charge in [-0.1, -0.05) is 29.8 Å². The number of pyridine rings is 1. The molecule has 0 unspecified atom stereocenters. The molecule has 6 nitrogen and oxygen atoms in total. The number of carbonyl (C=O) groups excluding carboxylic acids is 1. The third-order valence-electron chi connectivity index (χ3n) is 4.52. The quantitative estimate of drug-likeness (QED) is 0.494. The Morgan fingerprint density at radius 1 is 1.21 bits per heavy atom. The second-order valence-corrected chi connectivity index (χ2v) is 6.63. The van der Waals surface area contributed by atoms with Crippen molar-refractivity contribution >= 4 is 28.5 Å². The van der Waals surface area contributed by atoms with E-state index in [1.54, 1.807) is 28.8 Å². The van der Waals surface area contributed by atoms with Gasteiger partial charge in [-0.2, -0.15) is 4.89 Å². The van der Waals surface area contributed by atoms with Crippen LogP contribution < -0.4 is 5.43 Å². The van der Waals surface area contributed by atoms with Gasteiger partial charge in [0.05, 0.1) is 12.6 Å². The molecule has 3 aromatic rings. The van der Waals surface area contributed by atoms with Crippen molar-refractivity contribution in [1.82, 2.24) is 4.57 Å². The maximum Gasteiger partial charge on any atom is 0.355 e. The van der Waals surface area contributed by atoms with E-state index in [0.717, 1.165) is 0 Å². The Morgan fingerprint density at radius 2 is 2.00 bits per heavy atom. The second-order valence-electron chi connectivity index (χ2n) is 6.20. The largest absolute Gasteiger partial charge is 0.464 e. The number of benzene rings is 2. The minimum atomic E-state index is -0.627. The number of allylic oxidation sites excluding steroid dienone is 1. The molecule has 28 heavy (non-hydrogen) atoms. The molecule has 1 aliphatic rings. The van der Waals surface area contributed by atoms with Gasteiger partial charge in [0, 0.05) is 28.1 Å². The van der Waals surface area contributed by atoms with Gasteiger partial charge in [-0.15, -0.1) is 0 Å². The van der Waals surface area contributed by atoms with Crippen LogP contribution in [0.3, 0.4) is 0 Å². The predicted octanol–water partition coefficient (Wildman–Crippen LogP) is 3.82. The number of methoxy groups -OCH3 is 1. The summed E-state index contributed by atoms with van der Waals surface area (Å²) in [6.07, 6.45) is 1.83. The number of aromatic nitrogens is 1. The van der Waals surface area contributed by atoms with Crippen molar-refractivity contribution in [2.45, 2.75) is 6.42 Å². The molecular formula is C21H16ClNO5. The second kappa shape index (κ2) is 7.50. The van der Waals surface area contributed by atoms with Gasteiger partial charge in [0.25, 0.3) is 0 Å². The fourth-order valence-electron chi connectivity index (χ4n) is 3.27. The number of halogens is 1. The van der Waals surface area contributed by atoms with Gasteiger partial charge in [-0.25, -0.2) is 4.79 Å². The summed E-state index contributed by atoms with van der Waals surface area (Å²) < 4.78 is 6.71. The highest BCUT2D eigenvalue weighted by molar-refractivity contribution is 6.31. The Balaban J connectivity index is 2.12. The van der Waals surface area contributed by atoms with E-state index in [-0.39, 0.29) is 23.1 Å². The number of hydrogen-bond donors (Lipinski definition) is 0. The molecule has 4 rings (SSSR count). The molecule has 0 amide bonds. The number of ether oxygens (including phenoxy) is 1. The van der Waals surface area contributed by atoms with Crippen molar-refractivity contribution < 1.29 is 19.3 Å². The molecule has 0 atom stereocenters. The lowest BCUT2D eigenvalue weighted by Gasteiger charge is -2.19. The van der Waals surface area contributed by atoms with Crippen LogP contribution in [0.2, 0.25) is 5.02 Å². The summed E-state index contributed by atoms with van der Waals surface area (Å²) in [5.41, 5.74) is 1.34. The SMILES string of the molecule is COC(=O)c1c(CC2=CCOO2)c(=O)c2ccc(Cl)cc2n1-c1ccccc1. The average Bonchev–Trinajstić information content (AvgIpc) is 3.23. The molecule has 2 heterocycles. The maximum atomic E-state index is 13.3. The first-order chi connectivity index (χ1) is 13.6. The zero-order valence-corrected chi connectivity index (χ0v) is 15.7. The van der Waals surface area contributed by atoms with E-state index in [1.807, 2.05) is 30.3 Å². The molecular weight excluding hydrogens is 382 g/mol. The topological polar surface area (TPSA) is 66.8 Å². The normalized spacial score (nSPS) is 13.3. The third-order valence-corrected chi connectivity index (χ3v) is 4.75. The molecule has 0 fully saturated rings. The fraction of sp³-hybridized carbons (Fsp3) is 0.143. The van der Waals surface area contributed by atoms with Gasteiger partial charge in [-0.05, 0) is 36.4 Å². The van der Waals surface area contributed by atoms with Gasteiger partial charge in [0.1, 0.15) is 18.1 Å². The predicted molar refractivity (Wildman–Crippen MR) is 105 cm³/mol. The summed E-state index contributed by atoms with van der Waals surface area (Å²) in [5.74, 6) is -0.160. The van der Waals surface area contributed by atoms with Crippen molar-refractivity contribution in [3.05, 3.63) is 86.9 Å². The lowest BCUT2D eigenvalue weighted by atomic mass is 10.0. The first-order valence-corrected chi connectivity index (χ1v) is 8.97. The number of carbonyl (C=O) groups is 1. The van der Waals surface area contributed by atoms with Crippen LogP contribution in [-0.2, 0) is 20.9 Å². The molecule has 0 saturated carbocycles. The van der Waals surface area contributed by atoms with Crippen LogP contribution in [0, 0.1) is 0 Å². The Kier molecular flexibility index (Phi) is 4.90. The van der Waals surface area contributed by atoms with Crippen molar-refractivity contribution in [2.75, 3.05) is 13.7 Å². The van der Waals surface area contributed by atoms with Crippen molar-refractivity contribution in [1.29, 1.82) is 0 Å². The van der Waals surface area contributed by atoms with Crippen LogP contribution in [0.15, 0.2) is 65.2 Å². The number of nitrogens with zero attached hydrogens (tertiary/aromatic N) is 1. The number of fused-ring (bicyclic) bond motifs is 1. The van der Waals surface area contributed by atoms with Crippen LogP contribution in [0.4, 0.5) is 0 Å². The summed E-state index contributed by atoms with van der Waals surface area (Å²) in [5, 5.41) is 0.894. The lowest BCUT2D eigenvalue weighted by Crippen LogP contribution is -2.24. The molecule has 0 aliphatic carbocycles. The molecule has 2 aromatic carbocycles. The van der Waals surface area contributed by atoms with E-state index in [9.17, 15) is 9.59 Å². The highest BCUT2D eigenvalue weighted by Gasteiger charge is 2.26. The first kappa shape index (κ1) is 18.3. The van der Waals surface area contributed by atoms with Crippen LogP contribution in [-0.4, -0.2) is 24.3 Å². The van der Waals surface area contributed by atoms with Crippen LogP contribution in [0.25, 0.3) is 16.6 Å². The van der Waals surface area contributed by atoms with E-state index in [4.69, 9.17) is 26.1 Å². The van der Waals surface area contributed by atoms with E-state index in [1.165, 1.54) is 7.11 Å². The van der Waals surface area contributed by atoms with Crippen molar-refractivity contribution in [3.8, 4) is 5.69 Å². The highest BCUT2D eigenvalue weighted by atomic mass is 35.5. The minimum absolute atomic E-state index is 0.106. The Hall–Kier alpha value is -3.09. The Bertz CT molecular complexity index is 1150. The van der Waals surface area contributed by atoms with E-state index in [2.05, 4.69) is 0 Å². The number of rotatable bonds is 4. The molecule has 0 saturated heterocycles. The molecule has 0 bridgehead atoms. The van der Waals surface area contributed by atoms with Gasteiger partial charge in [0.2, 0.25) is 0 Å². The number of para-hydroxylation sites is 1. The monoisotopic (exact) mass is 397 g/mol. The highest BCUT2D eigenvalue weighted by Crippen LogP contribution is 2.27. The number of hydrogen-bond acceptors (Lipinski definition) is 5. The fourth-order valence-corrected chi connectivity index (χ4v) is 3.44. The van der Waals surface area contributed by atoms with Crippen LogP contribution in [0.5, 0.6) is 0 Å². The standard InChI is InChI=1S/C21H16ClNO5/c1-26-21(25)19-17(12-15-9-10-27-28-15)20(24)16-8-7-13(22)11-18(16)23(19)14-5-3-2-4-6-14/h2-9,11H,10,12H2,1H3. The Labute approximate surface area is 165 Å². The summed E-state index contributed by atoms with van der Waals surface area (Å²) in [6, 6.07) is 14.2. The van der Waals surface area contributed by atoms with Gasteiger partial charge >= 0.3 is 5.97 Å². The molecule has 1 aliphatic heterocycles. The average molecular weight is 398 g/mol. The summed E-state index contributed by atoms with van der Waals surface area (Å²) in [7, 11) is 1.28. The van der Waals surface area contributed by atoms with Gasteiger partial charge in [-0.3, -0.25) is 4.79 Å². The zero-order valence-electron chi connectivity index (χ0n) is 15.0. The van der Waals surface area contributed by atoms with E-state index in [0.29, 0.717) is 34.0 Å². The van der Waals surface area contributed by atoms with Crippen molar-refractivity contribution in [2.24, 2.45) is 0 Å². The Morgan fingerprint density at radius 3 is 2.68 bits per heavy atom. The number of esters is 1. The summed E-state index contributed by atoms with van der Waals surface area (Å²) in [6.45, 7) is 0.291. The lowest BCUT2D eigenvalue weighted by molar-refractivity contribution is -0.234. The van der Waals surface area contributed by atoms with Crippen LogP contribution >= 0.6 is 11.6 Å². The molecule has 7 heteroatoms. The molecule has 0 radical (unpaired) electrons. The van der Waals surface area contributed by atoms with E-state index < -0.39 is 5.97 Å². The molecule has 0 spiro atoms. The zero-order chi connectivity index (χ0) is 19.7. The van der Waals surface area contributed by atoms with Crippen LogP contribution in [0.1, 0.15) is 16.1 Å². The van der Waals surface area contributed by atoms with Crippen molar-refractivity contribution in [3.63, 3.8) is 0 Å². The maximum absolute atomic E-state index is 13.3. The molecule has 142 valence electrons. The van der Waals surface area contributed by atoms with Gasteiger partial charge < -0.3 is 14.2 Å². The molecule has 0 N–H and O–H groups in total. The summed E-state index contributed by atoms with van der Waals surface area (Å²) in [4.78, 5) is 36.0. The van der Waals surface area contributed by atoms with Gasteiger partial charge in [0.15, 0.2) is 5.43 Å². The smallest absolute Gasteiger partial charge is 0.355 e. The summed E-state index contributed by atoms with van der Waals surface area (Å²) >= 11 is 6.20. The van der Waals surface area contributed by atoms with E-state index >= 15 is 0 Å².